The highest BCUT2D eigenvalue weighted by molar-refractivity contribution is 6.16. The molecule has 0 aliphatic heterocycles. The van der Waals surface area contributed by atoms with Gasteiger partial charge in [-0.05, 0) is 42.0 Å². The third-order valence-electron chi connectivity index (χ3n) is 7.41. The van der Waals surface area contributed by atoms with E-state index in [-0.39, 0.29) is 0 Å². The number of hydrogen-bond acceptors (Lipinski definition) is 3. The van der Waals surface area contributed by atoms with Gasteiger partial charge in [-0.1, -0.05) is 91.0 Å². The lowest BCUT2D eigenvalue weighted by Gasteiger charge is -2.15. The molecule has 4 heteroatoms. The normalized spacial score (nSPS) is 11.6. The molecule has 39 heavy (non-hydrogen) atoms. The maximum absolute atomic E-state index is 5.08. The first-order valence-corrected chi connectivity index (χ1v) is 13.0. The molecule has 0 unspecified atom stereocenters. The molecule has 4 nitrogen and oxygen atoms in total. The summed E-state index contributed by atoms with van der Waals surface area (Å²) in [7, 11) is 0. The molecular formula is C35H22N4. The van der Waals surface area contributed by atoms with Crippen LogP contribution in [0.25, 0.3) is 71.9 Å². The summed E-state index contributed by atoms with van der Waals surface area (Å²) in [4.78, 5) is 14.8. The zero-order chi connectivity index (χ0) is 25.8. The van der Waals surface area contributed by atoms with Gasteiger partial charge in [-0.2, -0.15) is 0 Å². The van der Waals surface area contributed by atoms with Crippen molar-refractivity contribution in [2.24, 2.45) is 0 Å². The number of rotatable bonds is 3. The fraction of sp³-hybridized carbons (Fsp3) is 0. The highest BCUT2D eigenvalue weighted by Crippen LogP contribution is 2.38. The molecule has 0 saturated carbocycles. The average Bonchev–Trinajstić information content (AvgIpc) is 3.40. The van der Waals surface area contributed by atoms with Gasteiger partial charge in [0.15, 0.2) is 0 Å². The molecule has 0 N–H and O–H groups in total. The molecule has 0 saturated heterocycles. The Labute approximate surface area is 224 Å². The Balaban J connectivity index is 1.44. The van der Waals surface area contributed by atoms with E-state index in [0.29, 0.717) is 0 Å². The van der Waals surface area contributed by atoms with Gasteiger partial charge in [-0.15, -0.1) is 0 Å². The van der Waals surface area contributed by atoms with Crippen molar-refractivity contribution < 1.29 is 0 Å². The molecule has 8 aromatic rings. The van der Waals surface area contributed by atoms with Gasteiger partial charge in [-0.25, -0.2) is 9.97 Å². The van der Waals surface area contributed by atoms with Crippen molar-refractivity contribution in [3.05, 3.63) is 134 Å². The van der Waals surface area contributed by atoms with Crippen LogP contribution in [-0.2, 0) is 0 Å². The number of hydrogen-bond donors (Lipinski definition) is 0. The zero-order valence-corrected chi connectivity index (χ0v) is 21.0. The Hall–Kier alpha value is -5.35. The predicted octanol–water partition coefficient (Wildman–Crippen LogP) is 8.61. The van der Waals surface area contributed by atoms with Gasteiger partial charge in [0.2, 0.25) is 0 Å². The van der Waals surface area contributed by atoms with Crippen LogP contribution in [0.5, 0.6) is 0 Å². The number of imidazole rings is 1. The minimum Gasteiger partial charge on any atom is -0.292 e. The van der Waals surface area contributed by atoms with Crippen LogP contribution in [-0.4, -0.2) is 19.5 Å². The van der Waals surface area contributed by atoms with Gasteiger partial charge in [0.1, 0.15) is 5.82 Å². The maximum atomic E-state index is 5.08. The molecule has 8 rings (SSSR count). The number of benzene rings is 5. The van der Waals surface area contributed by atoms with Gasteiger partial charge >= 0.3 is 0 Å². The van der Waals surface area contributed by atoms with E-state index in [2.05, 4.69) is 108 Å². The van der Waals surface area contributed by atoms with Gasteiger partial charge in [-0.3, -0.25) is 9.55 Å². The minimum absolute atomic E-state index is 0.921. The van der Waals surface area contributed by atoms with Crippen molar-refractivity contribution >= 4 is 43.7 Å². The number of aromatic nitrogens is 4. The van der Waals surface area contributed by atoms with Crippen LogP contribution in [0.3, 0.4) is 0 Å². The highest BCUT2D eigenvalue weighted by Gasteiger charge is 2.17. The van der Waals surface area contributed by atoms with Gasteiger partial charge in [0, 0.05) is 39.2 Å². The van der Waals surface area contributed by atoms with Crippen LogP contribution in [0.1, 0.15) is 0 Å². The number of fused-ring (bicyclic) bond motifs is 5. The first-order valence-electron chi connectivity index (χ1n) is 13.0. The zero-order valence-electron chi connectivity index (χ0n) is 21.0. The van der Waals surface area contributed by atoms with Crippen LogP contribution in [0, 0.1) is 0 Å². The maximum Gasteiger partial charge on any atom is 0.145 e. The second-order valence-corrected chi connectivity index (χ2v) is 9.72. The van der Waals surface area contributed by atoms with E-state index in [1.807, 2.05) is 30.5 Å². The van der Waals surface area contributed by atoms with E-state index in [4.69, 9.17) is 15.0 Å². The lowest BCUT2D eigenvalue weighted by atomic mass is 9.95. The van der Waals surface area contributed by atoms with Gasteiger partial charge < -0.3 is 0 Å². The summed E-state index contributed by atoms with van der Waals surface area (Å²) in [5, 5.41) is 3.30. The first-order chi connectivity index (χ1) is 19.3. The molecule has 0 aliphatic carbocycles. The number of pyridine rings is 2. The first kappa shape index (κ1) is 21.7. The second-order valence-electron chi connectivity index (χ2n) is 9.72. The summed E-state index contributed by atoms with van der Waals surface area (Å²) < 4.78 is 2.26. The van der Waals surface area contributed by atoms with E-state index in [9.17, 15) is 0 Å². The van der Waals surface area contributed by atoms with E-state index in [0.717, 1.165) is 71.9 Å². The quantitative estimate of drug-likeness (QED) is 0.181. The number of para-hydroxylation sites is 3. The number of nitrogens with zero attached hydrogens (tertiary/aromatic N) is 4. The third kappa shape index (κ3) is 3.42. The topological polar surface area (TPSA) is 43.6 Å². The monoisotopic (exact) mass is 498 g/mol. The lowest BCUT2D eigenvalue weighted by molar-refractivity contribution is 1.10. The Morgan fingerprint density at radius 3 is 2.23 bits per heavy atom. The van der Waals surface area contributed by atoms with E-state index in [1.54, 1.807) is 0 Å². The molecule has 0 atom stereocenters. The predicted molar refractivity (Wildman–Crippen MR) is 160 cm³/mol. The van der Waals surface area contributed by atoms with Crippen molar-refractivity contribution in [2.45, 2.75) is 0 Å². The fourth-order valence-electron chi connectivity index (χ4n) is 5.67. The SMILES string of the molecule is c1ccc(-c2nc3ccccc3n2-c2cccc(-c3c4ccccc4nc4c3ccc3cccnc34)c2)cc1. The minimum atomic E-state index is 0.921. The molecule has 3 aromatic heterocycles. The van der Waals surface area contributed by atoms with Crippen molar-refractivity contribution in [2.75, 3.05) is 0 Å². The fourth-order valence-corrected chi connectivity index (χ4v) is 5.67. The molecule has 5 aromatic carbocycles. The van der Waals surface area contributed by atoms with Gasteiger partial charge in [0.05, 0.1) is 27.6 Å². The van der Waals surface area contributed by atoms with Crippen LogP contribution in [0.15, 0.2) is 134 Å². The molecule has 0 radical (unpaired) electrons. The Morgan fingerprint density at radius 2 is 1.31 bits per heavy atom. The summed E-state index contributed by atoms with van der Waals surface area (Å²) in [6.45, 7) is 0. The van der Waals surface area contributed by atoms with E-state index in [1.165, 1.54) is 0 Å². The molecule has 0 aliphatic rings. The average molecular weight is 499 g/mol. The standard InChI is InChI=1S/C35H22N4/c1-2-10-24(11-3-1)35-38-30-17-6-7-18-31(30)39(35)26-14-8-12-25(22-26)32-27-15-4-5-16-29(27)37-34-28(32)20-19-23-13-9-21-36-33(23)34/h1-22H. The van der Waals surface area contributed by atoms with Crippen molar-refractivity contribution in [1.29, 1.82) is 0 Å². The third-order valence-corrected chi connectivity index (χ3v) is 7.41. The molecular weight excluding hydrogens is 476 g/mol. The molecule has 0 fully saturated rings. The summed E-state index contributed by atoms with van der Waals surface area (Å²) in [5.74, 6) is 0.925. The Morgan fingerprint density at radius 1 is 0.513 bits per heavy atom. The van der Waals surface area contributed by atoms with Crippen LogP contribution >= 0.6 is 0 Å². The molecule has 0 bridgehead atoms. The van der Waals surface area contributed by atoms with Crippen LogP contribution in [0.4, 0.5) is 0 Å². The van der Waals surface area contributed by atoms with Crippen molar-refractivity contribution in [3.8, 4) is 28.2 Å². The van der Waals surface area contributed by atoms with Crippen molar-refractivity contribution in [3.63, 3.8) is 0 Å². The summed E-state index contributed by atoms with van der Waals surface area (Å²) in [6.07, 6.45) is 1.84. The molecule has 182 valence electrons. The van der Waals surface area contributed by atoms with E-state index >= 15 is 0 Å². The largest absolute Gasteiger partial charge is 0.292 e. The molecule has 0 spiro atoms. The van der Waals surface area contributed by atoms with Crippen LogP contribution < -0.4 is 0 Å². The van der Waals surface area contributed by atoms with E-state index < -0.39 is 0 Å². The Kier molecular flexibility index (Phi) is 4.79. The summed E-state index contributed by atoms with van der Waals surface area (Å²) in [5.41, 5.74) is 9.28. The Bertz CT molecular complexity index is 2180. The summed E-state index contributed by atoms with van der Waals surface area (Å²) in [6, 6.07) is 44.2. The molecule has 0 amide bonds. The second kappa shape index (κ2) is 8.61. The lowest BCUT2D eigenvalue weighted by Crippen LogP contribution is -1.98. The smallest absolute Gasteiger partial charge is 0.145 e. The molecule has 3 heterocycles. The highest BCUT2D eigenvalue weighted by atomic mass is 15.1. The van der Waals surface area contributed by atoms with Crippen LogP contribution in [0.2, 0.25) is 0 Å². The van der Waals surface area contributed by atoms with Gasteiger partial charge in [0.25, 0.3) is 0 Å². The van der Waals surface area contributed by atoms with Crippen molar-refractivity contribution in [1.82, 2.24) is 19.5 Å². The summed E-state index contributed by atoms with van der Waals surface area (Å²) >= 11 is 0.